The third kappa shape index (κ3) is 5.95. The van der Waals surface area contributed by atoms with Gasteiger partial charge >= 0.3 is 6.09 Å². The summed E-state index contributed by atoms with van der Waals surface area (Å²) in [6.45, 7) is 7.05. The zero-order chi connectivity index (χ0) is 25.0. The van der Waals surface area contributed by atoms with Crippen LogP contribution in [-0.2, 0) is 22.7 Å². The number of piperidine rings is 1. The third-order valence-electron chi connectivity index (χ3n) is 6.42. The van der Waals surface area contributed by atoms with E-state index in [-0.39, 0.29) is 24.7 Å². The second kappa shape index (κ2) is 10.7. The lowest BCUT2D eigenvalue weighted by Crippen LogP contribution is -2.48. The normalized spacial score (nSPS) is 18.5. The first-order chi connectivity index (χ1) is 16.8. The highest BCUT2D eigenvalue weighted by Crippen LogP contribution is 2.34. The molecule has 1 amide bonds. The van der Waals surface area contributed by atoms with Crippen LogP contribution in [0.5, 0.6) is 5.75 Å². The SMILES string of the molecule is COc1c(COC2CN(C(=O)OC(C)(C)C)CCC2c2ccc(CO)cc2)ccc2ccccc12. The van der Waals surface area contributed by atoms with Crippen molar-refractivity contribution >= 4 is 16.9 Å². The maximum atomic E-state index is 12.8. The molecular weight excluding hydrogens is 442 g/mol. The fourth-order valence-electron chi connectivity index (χ4n) is 4.67. The molecule has 0 aromatic heterocycles. The summed E-state index contributed by atoms with van der Waals surface area (Å²) < 4.78 is 17.9. The lowest BCUT2D eigenvalue weighted by molar-refractivity contribution is -0.0363. The summed E-state index contributed by atoms with van der Waals surface area (Å²) in [6.07, 6.45) is 0.230. The molecule has 6 heteroatoms. The van der Waals surface area contributed by atoms with Crippen molar-refractivity contribution in [3.05, 3.63) is 77.4 Å². The molecule has 4 rings (SSSR count). The molecule has 3 aromatic carbocycles. The highest BCUT2D eigenvalue weighted by atomic mass is 16.6. The predicted molar refractivity (Wildman–Crippen MR) is 137 cm³/mol. The summed E-state index contributed by atoms with van der Waals surface area (Å²) in [5, 5.41) is 11.6. The first-order valence-electron chi connectivity index (χ1n) is 12.1. The van der Waals surface area contributed by atoms with Gasteiger partial charge in [-0.2, -0.15) is 0 Å². The summed E-state index contributed by atoms with van der Waals surface area (Å²) in [7, 11) is 1.68. The second-order valence-electron chi connectivity index (χ2n) is 10.0. The molecule has 6 nitrogen and oxygen atoms in total. The average molecular weight is 478 g/mol. The standard InChI is InChI=1S/C29H35NO5/c1-29(2,3)35-28(32)30-16-15-24(22-11-9-20(18-31)10-12-22)26(17-30)34-19-23-14-13-21-7-5-6-8-25(21)27(23)33-4/h5-14,24,26,31H,15-19H2,1-4H3. The highest BCUT2D eigenvalue weighted by molar-refractivity contribution is 5.89. The molecule has 2 atom stereocenters. The molecular formula is C29H35NO5. The van der Waals surface area contributed by atoms with Gasteiger partial charge in [0, 0.05) is 23.4 Å². The number of amides is 1. The summed E-state index contributed by atoms with van der Waals surface area (Å²) in [4.78, 5) is 14.5. The Labute approximate surface area is 207 Å². The van der Waals surface area contributed by atoms with Gasteiger partial charge < -0.3 is 24.2 Å². The van der Waals surface area contributed by atoms with Gasteiger partial charge in [-0.15, -0.1) is 0 Å². The number of likely N-dealkylation sites (tertiary alicyclic amines) is 1. The van der Waals surface area contributed by atoms with Crippen LogP contribution in [0.1, 0.15) is 49.8 Å². The Kier molecular flexibility index (Phi) is 7.63. The van der Waals surface area contributed by atoms with Crippen molar-refractivity contribution in [2.45, 2.75) is 58.0 Å². The number of aliphatic hydroxyl groups is 1. The van der Waals surface area contributed by atoms with Gasteiger partial charge in [0.1, 0.15) is 11.4 Å². The van der Waals surface area contributed by atoms with Crippen LogP contribution in [0, 0.1) is 0 Å². The van der Waals surface area contributed by atoms with E-state index in [4.69, 9.17) is 14.2 Å². The number of ether oxygens (including phenoxy) is 3. The van der Waals surface area contributed by atoms with Gasteiger partial charge in [-0.3, -0.25) is 0 Å². The van der Waals surface area contributed by atoms with Crippen LogP contribution >= 0.6 is 0 Å². The molecule has 2 unspecified atom stereocenters. The van der Waals surface area contributed by atoms with Crippen LogP contribution in [0.2, 0.25) is 0 Å². The van der Waals surface area contributed by atoms with E-state index in [0.717, 1.165) is 39.6 Å². The first kappa shape index (κ1) is 25.0. The summed E-state index contributed by atoms with van der Waals surface area (Å²) >= 11 is 0. The molecule has 186 valence electrons. The molecule has 0 radical (unpaired) electrons. The van der Waals surface area contributed by atoms with Crippen LogP contribution in [-0.4, -0.2) is 48.0 Å². The molecule has 1 fully saturated rings. The molecule has 0 aliphatic carbocycles. The number of benzene rings is 3. The molecule has 3 aromatic rings. The van der Waals surface area contributed by atoms with E-state index >= 15 is 0 Å². The van der Waals surface area contributed by atoms with Crippen LogP contribution in [0.15, 0.2) is 60.7 Å². The van der Waals surface area contributed by atoms with E-state index in [9.17, 15) is 9.90 Å². The fraction of sp³-hybridized carbons (Fsp3) is 0.414. The number of rotatable bonds is 6. The smallest absolute Gasteiger partial charge is 0.410 e. The van der Waals surface area contributed by atoms with Crippen LogP contribution in [0.4, 0.5) is 4.79 Å². The van der Waals surface area contributed by atoms with Gasteiger partial charge in [0.25, 0.3) is 0 Å². The van der Waals surface area contributed by atoms with Gasteiger partial charge in [0.05, 0.1) is 33.0 Å². The Hall–Kier alpha value is -3.09. The van der Waals surface area contributed by atoms with Gasteiger partial charge in [-0.25, -0.2) is 4.79 Å². The number of aliphatic hydroxyl groups excluding tert-OH is 1. The van der Waals surface area contributed by atoms with E-state index in [2.05, 4.69) is 12.1 Å². The number of carbonyl (C=O) groups excluding carboxylic acids is 1. The van der Waals surface area contributed by atoms with Crippen LogP contribution < -0.4 is 4.74 Å². The van der Waals surface area contributed by atoms with Crippen molar-refractivity contribution in [2.24, 2.45) is 0 Å². The molecule has 1 aliphatic heterocycles. The van der Waals surface area contributed by atoms with Gasteiger partial charge in [0.2, 0.25) is 0 Å². The summed E-state index contributed by atoms with van der Waals surface area (Å²) in [5.74, 6) is 0.930. The Bertz CT molecular complexity index is 1150. The zero-order valence-corrected chi connectivity index (χ0v) is 21.0. The topological polar surface area (TPSA) is 68.2 Å². The second-order valence-corrected chi connectivity index (χ2v) is 10.0. The van der Waals surface area contributed by atoms with Crippen molar-refractivity contribution in [2.75, 3.05) is 20.2 Å². The predicted octanol–water partition coefficient (Wildman–Crippen LogP) is 5.65. The minimum absolute atomic E-state index is 0.0130. The minimum Gasteiger partial charge on any atom is -0.496 e. The number of nitrogens with zero attached hydrogens (tertiary/aromatic N) is 1. The van der Waals surface area contributed by atoms with Crippen molar-refractivity contribution in [3.63, 3.8) is 0 Å². The fourth-order valence-corrected chi connectivity index (χ4v) is 4.67. The maximum Gasteiger partial charge on any atom is 0.410 e. The van der Waals surface area contributed by atoms with E-state index in [0.29, 0.717) is 19.7 Å². The quantitative estimate of drug-likeness (QED) is 0.497. The molecule has 1 N–H and O–H groups in total. The van der Waals surface area contributed by atoms with Gasteiger partial charge in [-0.1, -0.05) is 60.7 Å². The van der Waals surface area contributed by atoms with Crippen molar-refractivity contribution in [1.82, 2.24) is 4.90 Å². The van der Waals surface area contributed by atoms with Crippen LogP contribution in [0.25, 0.3) is 10.8 Å². The Balaban J connectivity index is 1.57. The molecule has 1 heterocycles. The number of hydrogen-bond acceptors (Lipinski definition) is 5. The molecule has 0 saturated carbocycles. The summed E-state index contributed by atoms with van der Waals surface area (Å²) in [5.41, 5.74) is 2.43. The third-order valence-corrected chi connectivity index (χ3v) is 6.42. The van der Waals surface area contributed by atoms with E-state index in [1.54, 1.807) is 12.0 Å². The number of hydrogen-bond donors (Lipinski definition) is 1. The lowest BCUT2D eigenvalue weighted by atomic mass is 9.86. The minimum atomic E-state index is -0.553. The molecule has 1 saturated heterocycles. The summed E-state index contributed by atoms with van der Waals surface area (Å²) in [6, 6.07) is 20.2. The monoisotopic (exact) mass is 477 g/mol. The molecule has 0 bridgehead atoms. The molecule has 0 spiro atoms. The Morgan fingerprint density at radius 2 is 1.80 bits per heavy atom. The number of carbonyl (C=O) groups is 1. The number of methoxy groups -OCH3 is 1. The Morgan fingerprint density at radius 3 is 2.49 bits per heavy atom. The van der Waals surface area contributed by atoms with Gasteiger partial charge in [0.15, 0.2) is 0 Å². The van der Waals surface area contributed by atoms with E-state index in [1.807, 2.05) is 69.3 Å². The van der Waals surface area contributed by atoms with Crippen molar-refractivity contribution in [3.8, 4) is 5.75 Å². The first-order valence-corrected chi connectivity index (χ1v) is 12.1. The maximum absolute atomic E-state index is 12.8. The van der Waals surface area contributed by atoms with Crippen molar-refractivity contribution < 1.29 is 24.1 Å². The highest BCUT2D eigenvalue weighted by Gasteiger charge is 2.35. The van der Waals surface area contributed by atoms with E-state index in [1.165, 1.54) is 0 Å². The number of fused-ring (bicyclic) bond motifs is 1. The largest absolute Gasteiger partial charge is 0.496 e. The lowest BCUT2D eigenvalue weighted by Gasteiger charge is -2.39. The van der Waals surface area contributed by atoms with Crippen molar-refractivity contribution in [1.29, 1.82) is 0 Å². The average Bonchev–Trinajstić information content (AvgIpc) is 2.86. The zero-order valence-electron chi connectivity index (χ0n) is 21.0. The molecule has 1 aliphatic rings. The molecule has 35 heavy (non-hydrogen) atoms. The van der Waals surface area contributed by atoms with Gasteiger partial charge in [-0.05, 0) is 43.7 Å². The Morgan fingerprint density at radius 1 is 1.06 bits per heavy atom. The van der Waals surface area contributed by atoms with Crippen LogP contribution in [0.3, 0.4) is 0 Å². The van der Waals surface area contributed by atoms with E-state index < -0.39 is 5.60 Å².